The van der Waals surface area contributed by atoms with Gasteiger partial charge in [-0.3, -0.25) is 9.89 Å². The zero-order valence-electron chi connectivity index (χ0n) is 14.4. The van der Waals surface area contributed by atoms with Crippen molar-refractivity contribution in [2.45, 2.75) is 32.1 Å². The maximum absolute atomic E-state index is 14.6. The van der Waals surface area contributed by atoms with E-state index in [2.05, 4.69) is 31.3 Å². The van der Waals surface area contributed by atoms with Crippen molar-refractivity contribution in [3.05, 3.63) is 46.9 Å². The molecule has 0 radical (unpaired) electrons. The van der Waals surface area contributed by atoms with Gasteiger partial charge in [-0.1, -0.05) is 12.1 Å². The minimum absolute atomic E-state index is 0.156. The second kappa shape index (κ2) is 6.74. The molecule has 0 fully saturated rings. The quantitative estimate of drug-likeness (QED) is 0.686. The SMILES string of the molecule is COC(=O)CCc1[nH]nc2nc(Nc3cccc4c3CCC4)c(F)cc12. The van der Waals surface area contributed by atoms with E-state index >= 15 is 0 Å². The lowest BCUT2D eigenvalue weighted by Gasteiger charge is -2.11. The minimum Gasteiger partial charge on any atom is -0.469 e. The Bertz CT molecular complexity index is 983. The van der Waals surface area contributed by atoms with Crippen LogP contribution in [0.5, 0.6) is 0 Å². The molecule has 7 heteroatoms. The molecule has 2 heterocycles. The van der Waals surface area contributed by atoms with E-state index in [0.29, 0.717) is 23.1 Å². The van der Waals surface area contributed by atoms with Crippen molar-refractivity contribution in [3.8, 4) is 0 Å². The van der Waals surface area contributed by atoms with Crippen LogP contribution in [0.3, 0.4) is 0 Å². The maximum Gasteiger partial charge on any atom is 0.305 e. The van der Waals surface area contributed by atoms with Crippen LogP contribution < -0.4 is 5.32 Å². The predicted octanol–water partition coefficient (Wildman–Crippen LogP) is 3.43. The molecule has 0 unspecified atom stereocenters. The molecular weight excluding hydrogens is 335 g/mol. The first-order valence-electron chi connectivity index (χ1n) is 8.64. The molecule has 6 nitrogen and oxygen atoms in total. The van der Waals surface area contributed by atoms with Crippen LogP contribution in [-0.4, -0.2) is 28.3 Å². The van der Waals surface area contributed by atoms with E-state index in [4.69, 9.17) is 0 Å². The molecule has 0 saturated heterocycles. The number of H-pyrrole nitrogens is 1. The highest BCUT2D eigenvalue weighted by atomic mass is 19.1. The third-order valence-electron chi connectivity index (χ3n) is 4.78. The van der Waals surface area contributed by atoms with Gasteiger partial charge >= 0.3 is 5.97 Å². The zero-order chi connectivity index (χ0) is 18.1. The third kappa shape index (κ3) is 3.00. The molecule has 3 aromatic rings. The van der Waals surface area contributed by atoms with Crippen LogP contribution in [0.4, 0.5) is 15.9 Å². The number of ether oxygens (including phenoxy) is 1. The number of anilines is 2. The normalized spacial score (nSPS) is 13.0. The summed E-state index contributed by atoms with van der Waals surface area (Å²) >= 11 is 0. The van der Waals surface area contributed by atoms with Gasteiger partial charge in [0.05, 0.1) is 13.5 Å². The number of carbonyl (C=O) groups excluding carboxylic acids is 1. The van der Waals surface area contributed by atoms with Crippen molar-refractivity contribution in [1.29, 1.82) is 0 Å². The molecule has 2 aromatic heterocycles. The first kappa shape index (κ1) is 16.5. The van der Waals surface area contributed by atoms with Crippen LogP contribution >= 0.6 is 0 Å². The summed E-state index contributed by atoms with van der Waals surface area (Å²) in [7, 11) is 1.34. The van der Waals surface area contributed by atoms with Gasteiger partial charge in [-0.2, -0.15) is 5.10 Å². The predicted molar refractivity (Wildman–Crippen MR) is 95.9 cm³/mol. The van der Waals surface area contributed by atoms with Gasteiger partial charge in [0, 0.05) is 23.2 Å². The maximum atomic E-state index is 14.6. The number of aromatic nitrogens is 3. The second-order valence-electron chi connectivity index (χ2n) is 6.39. The van der Waals surface area contributed by atoms with Gasteiger partial charge in [0.2, 0.25) is 0 Å². The largest absolute Gasteiger partial charge is 0.469 e. The van der Waals surface area contributed by atoms with Crippen LogP contribution in [0.2, 0.25) is 0 Å². The van der Waals surface area contributed by atoms with E-state index in [1.54, 1.807) is 0 Å². The van der Waals surface area contributed by atoms with E-state index in [9.17, 15) is 9.18 Å². The fourth-order valence-electron chi connectivity index (χ4n) is 3.44. The molecule has 1 aromatic carbocycles. The van der Waals surface area contributed by atoms with E-state index in [-0.39, 0.29) is 18.2 Å². The summed E-state index contributed by atoms with van der Waals surface area (Å²) in [4.78, 5) is 15.6. The number of aromatic amines is 1. The van der Waals surface area contributed by atoms with Crippen molar-refractivity contribution in [1.82, 2.24) is 15.2 Å². The van der Waals surface area contributed by atoms with Gasteiger partial charge in [-0.05, 0) is 42.5 Å². The summed E-state index contributed by atoms with van der Waals surface area (Å²) in [5.41, 5.74) is 4.52. The lowest BCUT2D eigenvalue weighted by Crippen LogP contribution is -2.03. The molecule has 0 atom stereocenters. The number of hydrogen-bond donors (Lipinski definition) is 2. The average molecular weight is 354 g/mol. The van der Waals surface area contributed by atoms with Crippen molar-refractivity contribution in [3.63, 3.8) is 0 Å². The van der Waals surface area contributed by atoms with Gasteiger partial charge in [0.25, 0.3) is 0 Å². The summed E-state index contributed by atoms with van der Waals surface area (Å²) in [6, 6.07) is 7.44. The number of aryl methyl sites for hydroxylation is 2. The Balaban J connectivity index is 1.62. The molecule has 0 aliphatic heterocycles. The van der Waals surface area contributed by atoms with E-state index < -0.39 is 5.82 Å². The highest BCUT2D eigenvalue weighted by Gasteiger charge is 2.17. The fraction of sp³-hybridized carbons (Fsp3) is 0.316. The van der Waals surface area contributed by atoms with Crippen LogP contribution in [-0.2, 0) is 28.8 Å². The Hall–Kier alpha value is -2.96. The summed E-state index contributed by atoms with van der Waals surface area (Å²) in [5, 5.41) is 10.7. The second-order valence-corrected chi connectivity index (χ2v) is 6.39. The molecule has 26 heavy (non-hydrogen) atoms. The van der Waals surface area contributed by atoms with Crippen molar-refractivity contribution < 1.29 is 13.9 Å². The number of benzene rings is 1. The van der Waals surface area contributed by atoms with E-state index in [1.165, 1.54) is 24.3 Å². The Labute approximate surface area is 149 Å². The monoisotopic (exact) mass is 354 g/mol. The molecule has 4 rings (SSSR count). The smallest absolute Gasteiger partial charge is 0.305 e. The number of pyridine rings is 1. The molecule has 0 saturated carbocycles. The van der Waals surface area contributed by atoms with Gasteiger partial charge in [0.15, 0.2) is 17.3 Å². The van der Waals surface area contributed by atoms with Gasteiger partial charge in [-0.25, -0.2) is 9.37 Å². The lowest BCUT2D eigenvalue weighted by atomic mass is 10.1. The topological polar surface area (TPSA) is 79.9 Å². The minimum atomic E-state index is -0.450. The number of fused-ring (bicyclic) bond motifs is 2. The highest BCUT2D eigenvalue weighted by molar-refractivity contribution is 5.81. The molecule has 0 spiro atoms. The Morgan fingerprint density at radius 1 is 1.38 bits per heavy atom. The number of hydrogen-bond acceptors (Lipinski definition) is 5. The lowest BCUT2D eigenvalue weighted by molar-refractivity contribution is -0.140. The van der Waals surface area contributed by atoms with Gasteiger partial charge in [-0.15, -0.1) is 0 Å². The molecular formula is C19H19FN4O2. The number of esters is 1. The standard InChI is InChI=1S/C19H19FN4O2/c1-26-17(25)9-8-16-13-10-14(20)19(22-18(13)24-23-16)21-15-7-3-5-11-4-2-6-12(11)15/h3,5,7,10H,2,4,6,8-9H2,1H3,(H2,21,22,23,24). The van der Waals surface area contributed by atoms with Crippen LogP contribution in [0, 0.1) is 5.82 Å². The molecule has 0 amide bonds. The van der Waals surface area contributed by atoms with Crippen LogP contribution in [0.15, 0.2) is 24.3 Å². The summed E-state index contributed by atoms with van der Waals surface area (Å²) in [6.45, 7) is 0. The first-order valence-corrected chi connectivity index (χ1v) is 8.64. The van der Waals surface area contributed by atoms with E-state index in [0.717, 1.165) is 24.9 Å². The molecule has 134 valence electrons. The Morgan fingerprint density at radius 3 is 3.12 bits per heavy atom. The molecule has 1 aliphatic carbocycles. The summed E-state index contributed by atoms with van der Waals surface area (Å²) in [6.07, 6.45) is 3.76. The number of nitrogens with one attached hydrogen (secondary N) is 2. The van der Waals surface area contributed by atoms with Crippen molar-refractivity contribution in [2.24, 2.45) is 0 Å². The average Bonchev–Trinajstić information content (AvgIpc) is 3.27. The Morgan fingerprint density at radius 2 is 2.27 bits per heavy atom. The number of methoxy groups -OCH3 is 1. The van der Waals surface area contributed by atoms with Gasteiger partial charge in [0.1, 0.15) is 0 Å². The molecule has 1 aliphatic rings. The molecule has 0 bridgehead atoms. The zero-order valence-corrected chi connectivity index (χ0v) is 14.4. The Kier molecular flexibility index (Phi) is 4.28. The number of nitrogens with zero attached hydrogens (tertiary/aromatic N) is 2. The number of halogens is 1. The highest BCUT2D eigenvalue weighted by Crippen LogP contribution is 2.31. The van der Waals surface area contributed by atoms with Crippen LogP contribution in [0.25, 0.3) is 11.0 Å². The fourth-order valence-corrected chi connectivity index (χ4v) is 3.44. The van der Waals surface area contributed by atoms with Crippen molar-refractivity contribution in [2.75, 3.05) is 12.4 Å². The number of carbonyl (C=O) groups is 1. The number of rotatable bonds is 5. The van der Waals surface area contributed by atoms with E-state index in [1.807, 2.05) is 12.1 Å². The van der Waals surface area contributed by atoms with Gasteiger partial charge < -0.3 is 10.1 Å². The summed E-state index contributed by atoms with van der Waals surface area (Å²) < 4.78 is 19.3. The third-order valence-corrected chi connectivity index (χ3v) is 4.78. The van der Waals surface area contributed by atoms with Crippen molar-refractivity contribution >= 4 is 28.5 Å². The first-order chi connectivity index (χ1) is 12.7. The molecule has 2 N–H and O–H groups in total. The summed E-state index contributed by atoms with van der Waals surface area (Å²) in [5.74, 6) is -0.616. The van der Waals surface area contributed by atoms with Crippen LogP contribution in [0.1, 0.15) is 29.7 Å².